The zero-order valence-corrected chi connectivity index (χ0v) is 15.6. The number of aromatic nitrogens is 2. The maximum atomic E-state index is 14.1. The molecule has 0 aliphatic heterocycles. The van der Waals surface area contributed by atoms with Crippen LogP contribution in [-0.2, 0) is 12.5 Å². The van der Waals surface area contributed by atoms with Crippen LogP contribution in [0.1, 0.15) is 16.7 Å². The van der Waals surface area contributed by atoms with Crippen LogP contribution in [0.25, 0.3) is 15.5 Å². The van der Waals surface area contributed by atoms with Gasteiger partial charge in [-0.1, -0.05) is 29.8 Å². The molecule has 0 atom stereocenters. The highest BCUT2D eigenvalue weighted by Crippen LogP contribution is 2.47. The van der Waals surface area contributed by atoms with Crippen molar-refractivity contribution in [3.05, 3.63) is 80.4 Å². The summed E-state index contributed by atoms with van der Waals surface area (Å²) in [5, 5.41) is 1.59. The molecule has 2 aromatic heterocycles. The van der Waals surface area contributed by atoms with Crippen molar-refractivity contribution in [1.82, 2.24) is 9.55 Å². The molecule has 0 N–H and O–H groups in total. The zero-order valence-electron chi connectivity index (χ0n) is 14.8. The normalized spacial score (nSPS) is 12.0. The van der Waals surface area contributed by atoms with Crippen LogP contribution in [0.15, 0.2) is 46.7 Å². The van der Waals surface area contributed by atoms with Crippen LogP contribution >= 0.6 is 11.3 Å². The minimum Gasteiger partial charge on any atom is -0.311 e. The molecule has 4 nitrogen and oxygen atoms in total. The van der Waals surface area contributed by atoms with E-state index in [-0.39, 0.29) is 17.2 Å². The highest BCUT2D eigenvalue weighted by Gasteiger charge is 2.60. The summed E-state index contributed by atoms with van der Waals surface area (Å²) in [6, 6.07) is 7.47. The molecular weight excluding hydrogens is 413 g/mol. The largest absolute Gasteiger partial charge is 0.456 e. The molecule has 1 aromatic carbocycles. The Labute approximate surface area is 165 Å². The summed E-state index contributed by atoms with van der Waals surface area (Å²) in [4.78, 5) is 19.5. The van der Waals surface area contributed by atoms with E-state index >= 15 is 0 Å². The maximum Gasteiger partial charge on any atom is 0.456 e. The van der Waals surface area contributed by atoms with Crippen LogP contribution < -0.4 is 5.56 Å². The van der Waals surface area contributed by atoms with Crippen molar-refractivity contribution in [3.63, 3.8) is 0 Å². The van der Waals surface area contributed by atoms with Crippen LogP contribution in [0.4, 0.5) is 27.6 Å². The SMILES string of the molecule is [C-]#[N+]c1c(C(F)(F)C(F)(F)F)cc(-c2nccs2)n(Cc2ccc(C)cc2)c1=O. The average molecular weight is 425 g/mol. The second-order valence-corrected chi connectivity index (χ2v) is 7.08. The number of nitrogens with zero attached hydrogens (tertiary/aromatic N) is 3. The molecule has 29 heavy (non-hydrogen) atoms. The monoisotopic (exact) mass is 425 g/mol. The highest BCUT2D eigenvalue weighted by molar-refractivity contribution is 7.13. The summed E-state index contributed by atoms with van der Waals surface area (Å²) in [6.07, 6.45) is -4.62. The van der Waals surface area contributed by atoms with Crippen molar-refractivity contribution in [2.75, 3.05) is 0 Å². The Morgan fingerprint density at radius 3 is 2.34 bits per heavy atom. The summed E-state index contributed by atoms with van der Waals surface area (Å²) in [6.45, 7) is 8.79. The third kappa shape index (κ3) is 3.78. The van der Waals surface area contributed by atoms with Gasteiger partial charge in [0.2, 0.25) is 0 Å². The van der Waals surface area contributed by atoms with Gasteiger partial charge in [-0.25, -0.2) is 9.83 Å². The van der Waals surface area contributed by atoms with Crippen molar-refractivity contribution < 1.29 is 22.0 Å². The smallest absolute Gasteiger partial charge is 0.311 e. The lowest BCUT2D eigenvalue weighted by Crippen LogP contribution is -2.36. The lowest BCUT2D eigenvalue weighted by molar-refractivity contribution is -0.289. The first-order valence-corrected chi connectivity index (χ1v) is 9.00. The van der Waals surface area contributed by atoms with E-state index in [1.54, 1.807) is 24.3 Å². The van der Waals surface area contributed by atoms with Crippen LogP contribution in [0, 0.1) is 13.5 Å². The Morgan fingerprint density at radius 2 is 1.83 bits per heavy atom. The summed E-state index contributed by atoms with van der Waals surface area (Å²) in [7, 11) is 0. The fourth-order valence-corrected chi connectivity index (χ4v) is 3.36. The Bertz CT molecular complexity index is 1130. The average Bonchev–Trinajstić information content (AvgIpc) is 3.18. The molecule has 0 aliphatic carbocycles. The van der Waals surface area contributed by atoms with Gasteiger partial charge in [0.15, 0.2) is 0 Å². The third-order valence-corrected chi connectivity index (χ3v) is 4.99. The lowest BCUT2D eigenvalue weighted by atomic mass is 10.0. The van der Waals surface area contributed by atoms with Crippen LogP contribution in [-0.4, -0.2) is 15.7 Å². The summed E-state index contributed by atoms with van der Waals surface area (Å²) >= 11 is 0.978. The van der Waals surface area contributed by atoms with E-state index in [4.69, 9.17) is 6.57 Å². The van der Waals surface area contributed by atoms with Gasteiger partial charge in [0.05, 0.1) is 18.8 Å². The van der Waals surface area contributed by atoms with Gasteiger partial charge in [-0.15, -0.1) is 11.3 Å². The molecular formula is C19H12F5N3OS. The minimum absolute atomic E-state index is 0.0879. The van der Waals surface area contributed by atoms with Gasteiger partial charge in [-0.3, -0.25) is 4.79 Å². The Hall–Kier alpha value is -3.06. The van der Waals surface area contributed by atoms with E-state index in [1.807, 2.05) is 6.92 Å². The maximum absolute atomic E-state index is 14.1. The molecule has 0 fully saturated rings. The molecule has 0 bridgehead atoms. The van der Waals surface area contributed by atoms with Crippen LogP contribution in [0.5, 0.6) is 0 Å². The molecule has 2 heterocycles. The number of aryl methyl sites for hydroxylation is 1. The Kier molecular flexibility index (Phi) is 5.28. The van der Waals surface area contributed by atoms with Crippen molar-refractivity contribution in [2.45, 2.75) is 25.6 Å². The Balaban J connectivity index is 2.30. The standard InChI is InChI=1S/C19H12F5N3OS/c1-11-3-5-12(6-4-11)10-27-14(16-26-7-8-29-16)9-13(15(25-2)17(27)28)18(20,21)19(22,23)24/h3-9H,10H2,1H3. The second-order valence-electron chi connectivity index (χ2n) is 6.19. The molecule has 0 spiro atoms. The third-order valence-electron chi connectivity index (χ3n) is 4.19. The first-order chi connectivity index (χ1) is 13.6. The zero-order chi connectivity index (χ0) is 21.4. The van der Waals surface area contributed by atoms with E-state index in [9.17, 15) is 26.7 Å². The second kappa shape index (κ2) is 7.40. The number of alkyl halides is 5. The number of hydrogen-bond acceptors (Lipinski definition) is 3. The molecule has 3 rings (SSSR count). The van der Waals surface area contributed by atoms with Crippen molar-refractivity contribution in [3.8, 4) is 10.7 Å². The quantitative estimate of drug-likeness (QED) is 0.407. The molecule has 10 heteroatoms. The van der Waals surface area contributed by atoms with Crippen LogP contribution in [0.3, 0.4) is 0 Å². The van der Waals surface area contributed by atoms with E-state index in [0.717, 1.165) is 21.5 Å². The Morgan fingerprint density at radius 1 is 1.17 bits per heavy atom. The van der Waals surface area contributed by atoms with E-state index in [2.05, 4.69) is 9.83 Å². The van der Waals surface area contributed by atoms with Gasteiger partial charge in [0.25, 0.3) is 11.2 Å². The number of halogens is 5. The highest BCUT2D eigenvalue weighted by atomic mass is 32.1. The fourth-order valence-electron chi connectivity index (χ4n) is 2.70. The van der Waals surface area contributed by atoms with Crippen LogP contribution in [0.2, 0.25) is 0 Å². The number of rotatable bonds is 4. The van der Waals surface area contributed by atoms with Crippen molar-refractivity contribution >= 4 is 17.0 Å². The topological polar surface area (TPSA) is 39.2 Å². The van der Waals surface area contributed by atoms with E-state index < -0.39 is 28.9 Å². The summed E-state index contributed by atoms with van der Waals surface area (Å²) in [5.74, 6) is -5.36. The van der Waals surface area contributed by atoms with Gasteiger partial charge < -0.3 is 4.57 Å². The summed E-state index contributed by atoms with van der Waals surface area (Å²) < 4.78 is 68.0. The van der Waals surface area contributed by atoms with E-state index in [1.165, 1.54) is 11.6 Å². The molecule has 0 radical (unpaired) electrons. The molecule has 0 amide bonds. The number of pyridine rings is 1. The molecule has 0 saturated heterocycles. The van der Waals surface area contributed by atoms with E-state index in [0.29, 0.717) is 11.6 Å². The van der Waals surface area contributed by atoms with Gasteiger partial charge in [-0.2, -0.15) is 22.0 Å². The molecule has 3 aromatic rings. The van der Waals surface area contributed by atoms with Gasteiger partial charge in [0.1, 0.15) is 5.01 Å². The number of benzene rings is 1. The van der Waals surface area contributed by atoms with Gasteiger partial charge in [-0.05, 0) is 18.6 Å². The molecule has 0 aliphatic rings. The van der Waals surface area contributed by atoms with Gasteiger partial charge in [0, 0.05) is 17.1 Å². The van der Waals surface area contributed by atoms with Gasteiger partial charge >= 0.3 is 12.1 Å². The molecule has 0 saturated carbocycles. The molecule has 150 valence electrons. The first-order valence-electron chi connectivity index (χ1n) is 8.12. The molecule has 0 unspecified atom stereocenters. The minimum atomic E-state index is -5.96. The van der Waals surface area contributed by atoms with Crippen molar-refractivity contribution in [2.24, 2.45) is 0 Å². The lowest BCUT2D eigenvalue weighted by Gasteiger charge is -2.23. The number of thiazole rings is 1. The fraction of sp³-hybridized carbons (Fsp3) is 0.211. The summed E-state index contributed by atoms with van der Waals surface area (Å²) in [5.41, 5.74) is -2.82. The number of hydrogen-bond donors (Lipinski definition) is 0. The van der Waals surface area contributed by atoms with Crippen molar-refractivity contribution in [1.29, 1.82) is 0 Å². The predicted octanol–water partition coefficient (Wildman–Crippen LogP) is 5.53. The predicted molar refractivity (Wildman–Crippen MR) is 98.3 cm³/mol. The first kappa shape index (κ1) is 20.7.